The smallest absolute Gasteiger partial charge is 0.338 e. The number of benzene rings is 1. The summed E-state index contributed by atoms with van der Waals surface area (Å²) in [5.41, 5.74) is 2.40. The summed E-state index contributed by atoms with van der Waals surface area (Å²) in [6.45, 7) is 2.89. The molecule has 10 heteroatoms. The normalized spacial score (nSPS) is 19.1. The van der Waals surface area contributed by atoms with Gasteiger partial charge in [0.25, 0.3) is 0 Å². The number of amidine groups is 1. The first-order chi connectivity index (χ1) is 17.0. The molecule has 9 nitrogen and oxygen atoms in total. The monoisotopic (exact) mass is 501 g/mol. The molecular formula is C25H31N3O6S. The molecule has 0 saturated heterocycles. The van der Waals surface area contributed by atoms with Crippen molar-refractivity contribution in [2.24, 2.45) is 10.9 Å². The van der Waals surface area contributed by atoms with Crippen LogP contribution in [0.5, 0.6) is 11.5 Å². The SMILES string of the molecule is COCCOC(=O)C1=C(C)N=C2SC=C(CC(=O)NCC3CC3)N2[C@H]1c1cccc(OC)c1OC. The van der Waals surface area contributed by atoms with E-state index >= 15 is 0 Å². The van der Waals surface area contributed by atoms with Crippen molar-refractivity contribution >= 4 is 28.8 Å². The molecule has 0 unspecified atom stereocenters. The number of fused-ring (bicyclic) bond motifs is 1. The summed E-state index contributed by atoms with van der Waals surface area (Å²) in [6.07, 6.45) is 2.50. The summed E-state index contributed by atoms with van der Waals surface area (Å²) in [4.78, 5) is 32.7. The largest absolute Gasteiger partial charge is 0.493 e. The number of carbonyl (C=O) groups is 2. The highest BCUT2D eigenvalue weighted by molar-refractivity contribution is 8.16. The summed E-state index contributed by atoms with van der Waals surface area (Å²) >= 11 is 1.43. The summed E-state index contributed by atoms with van der Waals surface area (Å²) in [6, 6.07) is 4.92. The van der Waals surface area contributed by atoms with Gasteiger partial charge in [0.05, 0.1) is 44.6 Å². The van der Waals surface area contributed by atoms with Crippen LogP contribution >= 0.6 is 11.8 Å². The molecule has 188 valence electrons. The van der Waals surface area contributed by atoms with Gasteiger partial charge in [-0.05, 0) is 37.2 Å². The fourth-order valence-electron chi connectivity index (χ4n) is 4.15. The van der Waals surface area contributed by atoms with Crippen LogP contribution in [0.2, 0.25) is 0 Å². The van der Waals surface area contributed by atoms with Crippen molar-refractivity contribution in [1.29, 1.82) is 0 Å². The molecular weight excluding hydrogens is 470 g/mol. The Kier molecular flexibility index (Phi) is 8.02. The molecule has 3 aliphatic rings. The van der Waals surface area contributed by atoms with Gasteiger partial charge in [-0.15, -0.1) is 0 Å². The van der Waals surface area contributed by atoms with Crippen molar-refractivity contribution < 1.29 is 28.5 Å². The maximum absolute atomic E-state index is 13.3. The Hall–Kier alpha value is -2.98. The third-order valence-corrected chi connectivity index (χ3v) is 6.98. The quantitative estimate of drug-likeness (QED) is 0.364. The third-order valence-electron chi connectivity index (χ3n) is 6.10. The van der Waals surface area contributed by atoms with E-state index in [4.69, 9.17) is 18.9 Å². The number of nitrogens with zero attached hydrogens (tertiary/aromatic N) is 2. The zero-order valence-corrected chi connectivity index (χ0v) is 21.3. The molecule has 4 rings (SSSR count). The topological polar surface area (TPSA) is 98.7 Å². The van der Waals surface area contributed by atoms with Gasteiger partial charge in [0.1, 0.15) is 6.61 Å². The van der Waals surface area contributed by atoms with Crippen molar-refractivity contribution in [1.82, 2.24) is 10.2 Å². The number of methoxy groups -OCH3 is 3. The number of nitrogens with one attached hydrogen (secondary N) is 1. The highest BCUT2D eigenvalue weighted by Gasteiger charge is 2.42. The van der Waals surface area contributed by atoms with E-state index in [1.54, 1.807) is 34.3 Å². The Morgan fingerprint density at radius 1 is 1.17 bits per heavy atom. The van der Waals surface area contributed by atoms with Gasteiger partial charge in [0.2, 0.25) is 5.91 Å². The fraction of sp³-hybridized carbons (Fsp3) is 0.480. The van der Waals surface area contributed by atoms with E-state index in [1.807, 2.05) is 22.4 Å². The number of hydrogen-bond donors (Lipinski definition) is 1. The van der Waals surface area contributed by atoms with Gasteiger partial charge in [-0.1, -0.05) is 23.9 Å². The van der Waals surface area contributed by atoms with E-state index in [0.717, 1.165) is 18.5 Å². The Morgan fingerprint density at radius 2 is 1.97 bits per heavy atom. The highest BCUT2D eigenvalue weighted by atomic mass is 32.2. The van der Waals surface area contributed by atoms with E-state index in [9.17, 15) is 9.59 Å². The van der Waals surface area contributed by atoms with Crippen LogP contribution in [-0.2, 0) is 19.1 Å². The summed E-state index contributed by atoms with van der Waals surface area (Å²) in [7, 11) is 4.68. The number of esters is 1. The number of allylic oxidation sites excluding steroid dienone is 1. The maximum atomic E-state index is 13.3. The summed E-state index contributed by atoms with van der Waals surface area (Å²) < 4.78 is 21.8. The second kappa shape index (κ2) is 11.2. The van der Waals surface area contributed by atoms with E-state index in [0.29, 0.717) is 46.0 Å². The lowest BCUT2D eigenvalue weighted by molar-refractivity contribution is -0.141. The number of ether oxygens (including phenoxy) is 4. The minimum atomic E-state index is -0.611. The molecule has 0 spiro atoms. The summed E-state index contributed by atoms with van der Waals surface area (Å²) in [5.74, 6) is 1.08. The lowest BCUT2D eigenvalue weighted by Gasteiger charge is -2.37. The van der Waals surface area contributed by atoms with Crippen LogP contribution in [0.4, 0.5) is 0 Å². The molecule has 2 heterocycles. The molecule has 1 saturated carbocycles. The van der Waals surface area contributed by atoms with Crippen LogP contribution in [0.3, 0.4) is 0 Å². The Morgan fingerprint density at radius 3 is 2.66 bits per heavy atom. The van der Waals surface area contributed by atoms with Gasteiger partial charge >= 0.3 is 5.97 Å². The number of rotatable bonds is 11. The Labute approximate surface area is 209 Å². The molecule has 1 aromatic rings. The lowest BCUT2D eigenvalue weighted by Crippen LogP contribution is -2.38. The van der Waals surface area contributed by atoms with Gasteiger partial charge in [0.15, 0.2) is 16.7 Å². The predicted octanol–water partition coefficient (Wildman–Crippen LogP) is 3.38. The minimum absolute atomic E-state index is 0.0585. The highest BCUT2D eigenvalue weighted by Crippen LogP contribution is 2.48. The first-order valence-electron chi connectivity index (χ1n) is 11.6. The van der Waals surface area contributed by atoms with Gasteiger partial charge in [-0.25, -0.2) is 9.79 Å². The standard InChI is InChI=1S/C25H31N3O6S/c1-15-21(24(30)34-11-10-31-2)22(18-6-5-7-19(32-3)23(18)33-4)28-17(14-35-25(28)27-15)12-20(29)26-13-16-8-9-16/h5-7,14,16,22H,8-13H2,1-4H3,(H,26,29)/t22-/m0/s1. The Bertz CT molecular complexity index is 1080. The van der Waals surface area contributed by atoms with Crippen molar-refractivity contribution in [2.75, 3.05) is 41.1 Å². The average Bonchev–Trinajstić information content (AvgIpc) is 3.61. The summed E-state index contributed by atoms with van der Waals surface area (Å²) in [5, 5.41) is 5.63. The molecule has 1 N–H and O–H groups in total. The van der Waals surface area contributed by atoms with E-state index < -0.39 is 12.0 Å². The van der Waals surface area contributed by atoms with Crippen LogP contribution < -0.4 is 14.8 Å². The lowest BCUT2D eigenvalue weighted by atomic mass is 9.92. The molecule has 35 heavy (non-hydrogen) atoms. The molecule has 1 aromatic carbocycles. The van der Waals surface area contributed by atoms with Crippen LogP contribution in [0.1, 0.15) is 37.8 Å². The minimum Gasteiger partial charge on any atom is -0.493 e. The van der Waals surface area contributed by atoms with E-state index in [2.05, 4.69) is 10.3 Å². The molecule has 0 radical (unpaired) electrons. The second-order valence-corrected chi connectivity index (χ2v) is 9.37. The Balaban J connectivity index is 1.72. The average molecular weight is 502 g/mol. The van der Waals surface area contributed by atoms with Crippen molar-refractivity contribution in [3.8, 4) is 11.5 Å². The molecule has 0 bridgehead atoms. The van der Waals surface area contributed by atoms with Gasteiger partial charge in [-0.3, -0.25) is 4.79 Å². The van der Waals surface area contributed by atoms with Crippen LogP contribution in [-0.4, -0.2) is 63.0 Å². The first kappa shape index (κ1) is 25.1. The molecule has 0 aromatic heterocycles. The van der Waals surface area contributed by atoms with Crippen LogP contribution in [0, 0.1) is 5.92 Å². The second-order valence-electron chi connectivity index (χ2n) is 8.53. The van der Waals surface area contributed by atoms with Crippen molar-refractivity contribution in [3.05, 3.63) is 46.1 Å². The number of carbonyl (C=O) groups excluding carboxylic acids is 2. The van der Waals surface area contributed by atoms with E-state index in [1.165, 1.54) is 11.8 Å². The molecule has 2 aliphatic heterocycles. The van der Waals surface area contributed by atoms with Gasteiger partial charge < -0.3 is 29.2 Å². The maximum Gasteiger partial charge on any atom is 0.338 e. The third kappa shape index (κ3) is 5.48. The van der Waals surface area contributed by atoms with Crippen LogP contribution in [0.15, 0.2) is 45.6 Å². The number of thioether (sulfide) groups is 1. The molecule has 1 atom stereocenters. The first-order valence-corrected chi connectivity index (χ1v) is 12.4. The number of aliphatic imine (C=N–C) groups is 1. The van der Waals surface area contributed by atoms with Gasteiger partial charge in [0, 0.05) is 24.9 Å². The fourth-order valence-corrected chi connectivity index (χ4v) is 5.12. The van der Waals surface area contributed by atoms with Crippen molar-refractivity contribution in [2.45, 2.75) is 32.2 Å². The number of hydrogen-bond acceptors (Lipinski definition) is 9. The molecule has 1 amide bonds. The number of para-hydroxylation sites is 1. The van der Waals surface area contributed by atoms with Crippen LogP contribution in [0.25, 0.3) is 0 Å². The van der Waals surface area contributed by atoms with Crippen molar-refractivity contribution in [3.63, 3.8) is 0 Å². The molecule has 1 aliphatic carbocycles. The van der Waals surface area contributed by atoms with Gasteiger partial charge in [-0.2, -0.15) is 0 Å². The molecule has 1 fully saturated rings. The zero-order valence-electron chi connectivity index (χ0n) is 20.5. The predicted molar refractivity (Wildman–Crippen MR) is 133 cm³/mol. The van der Waals surface area contributed by atoms with E-state index in [-0.39, 0.29) is 25.5 Å². The zero-order chi connectivity index (χ0) is 24.9. The number of amides is 1.